The molecule has 1 aromatic heterocycles. The highest BCUT2D eigenvalue weighted by Crippen LogP contribution is 2.24. The van der Waals surface area contributed by atoms with Gasteiger partial charge in [0.2, 0.25) is 0 Å². The van der Waals surface area contributed by atoms with Crippen molar-refractivity contribution in [3.8, 4) is 11.8 Å². The Morgan fingerprint density at radius 2 is 2.19 bits per heavy atom. The molecule has 0 unspecified atom stereocenters. The Bertz CT molecular complexity index is 463. The second-order valence-corrected chi connectivity index (χ2v) is 3.15. The first-order valence-electron chi connectivity index (χ1n) is 4.59. The third-order valence-corrected chi connectivity index (χ3v) is 1.86. The highest BCUT2D eigenvalue weighted by molar-refractivity contribution is 5.86. The van der Waals surface area contributed by atoms with Crippen LogP contribution < -0.4 is 4.74 Å². The van der Waals surface area contributed by atoms with Crippen molar-refractivity contribution in [2.45, 2.75) is 19.8 Å². The van der Waals surface area contributed by atoms with E-state index in [4.69, 9.17) is 10.00 Å². The van der Waals surface area contributed by atoms with Crippen molar-refractivity contribution in [3.63, 3.8) is 0 Å². The molecule has 16 heavy (non-hydrogen) atoms. The molecular weight excluding hydrogens is 208 g/mol. The number of hydrogen-bond acceptors (Lipinski definition) is 5. The molecule has 0 aromatic carbocycles. The molecule has 0 saturated carbocycles. The zero-order chi connectivity index (χ0) is 12.1. The molecule has 1 atom stereocenters. The summed E-state index contributed by atoms with van der Waals surface area (Å²) in [4.78, 5) is 25.9. The number of nitriles is 1. The van der Waals surface area contributed by atoms with Crippen molar-refractivity contribution in [2.24, 2.45) is 0 Å². The lowest BCUT2D eigenvalue weighted by Gasteiger charge is -2.09. The number of nitrogens with zero attached hydrogens (tertiary/aromatic N) is 2. The second kappa shape index (κ2) is 5.03. The van der Waals surface area contributed by atoms with Crippen LogP contribution in [-0.4, -0.2) is 16.7 Å². The summed E-state index contributed by atoms with van der Waals surface area (Å²) in [5, 5.41) is 8.86. The van der Waals surface area contributed by atoms with Crippen LogP contribution in [0.2, 0.25) is 0 Å². The second-order valence-electron chi connectivity index (χ2n) is 3.15. The third kappa shape index (κ3) is 2.64. The number of rotatable bonds is 3. The smallest absolute Gasteiger partial charge is 0.308 e. The van der Waals surface area contributed by atoms with Gasteiger partial charge in [0.15, 0.2) is 17.5 Å². The minimum atomic E-state index is -1.00. The summed E-state index contributed by atoms with van der Waals surface area (Å²) < 4.78 is 4.87. The van der Waals surface area contributed by atoms with Gasteiger partial charge in [-0.2, -0.15) is 5.26 Å². The first kappa shape index (κ1) is 11.9. The number of ketones is 1. The predicted molar refractivity (Wildman–Crippen MR) is 54.6 cm³/mol. The number of carbonyl (C=O) groups excluding carboxylic acids is 2. The summed E-state index contributed by atoms with van der Waals surface area (Å²) in [5.74, 6) is -1.71. The van der Waals surface area contributed by atoms with Gasteiger partial charge in [-0.15, -0.1) is 0 Å². The third-order valence-electron chi connectivity index (χ3n) is 1.86. The molecule has 0 spiro atoms. The maximum Gasteiger partial charge on any atom is 0.308 e. The van der Waals surface area contributed by atoms with Crippen molar-refractivity contribution >= 4 is 11.8 Å². The van der Waals surface area contributed by atoms with Crippen LogP contribution in [0, 0.1) is 11.3 Å². The zero-order valence-electron chi connectivity index (χ0n) is 8.93. The average Bonchev–Trinajstić information content (AvgIpc) is 2.20. The lowest BCUT2D eigenvalue weighted by molar-refractivity contribution is -0.132. The van der Waals surface area contributed by atoms with E-state index in [1.807, 2.05) is 6.07 Å². The summed E-state index contributed by atoms with van der Waals surface area (Å²) in [6, 6.07) is 4.89. The quantitative estimate of drug-likeness (QED) is 0.712. The summed E-state index contributed by atoms with van der Waals surface area (Å²) in [7, 11) is 0. The summed E-state index contributed by atoms with van der Waals surface area (Å²) in [6.45, 7) is 2.53. The normalized spacial score (nSPS) is 11.3. The van der Waals surface area contributed by atoms with Gasteiger partial charge in [-0.3, -0.25) is 14.6 Å². The molecule has 0 aliphatic carbocycles. The number of esters is 1. The highest BCUT2D eigenvalue weighted by atomic mass is 16.5. The van der Waals surface area contributed by atoms with Crippen LogP contribution in [0.25, 0.3) is 0 Å². The maximum atomic E-state index is 11.2. The fourth-order valence-corrected chi connectivity index (χ4v) is 1.21. The Morgan fingerprint density at radius 1 is 1.50 bits per heavy atom. The summed E-state index contributed by atoms with van der Waals surface area (Å²) in [6.07, 6.45) is 1.44. The SMILES string of the molecule is CC(=O)Oc1cccnc1[C@H](C#N)C(C)=O. The molecule has 0 fully saturated rings. The van der Waals surface area contributed by atoms with Gasteiger partial charge in [0.05, 0.1) is 6.07 Å². The Labute approximate surface area is 92.7 Å². The van der Waals surface area contributed by atoms with Crippen molar-refractivity contribution < 1.29 is 14.3 Å². The van der Waals surface area contributed by atoms with E-state index in [0.29, 0.717) is 0 Å². The molecule has 1 heterocycles. The molecule has 0 aliphatic rings. The molecule has 0 bridgehead atoms. The number of carbonyl (C=O) groups is 2. The fraction of sp³-hybridized carbons (Fsp3) is 0.273. The molecule has 1 aromatic rings. The Hall–Kier alpha value is -2.22. The van der Waals surface area contributed by atoms with Crippen LogP contribution in [0.4, 0.5) is 0 Å². The van der Waals surface area contributed by atoms with E-state index in [9.17, 15) is 9.59 Å². The van der Waals surface area contributed by atoms with Crippen LogP contribution >= 0.6 is 0 Å². The molecule has 5 nitrogen and oxygen atoms in total. The van der Waals surface area contributed by atoms with Crippen LogP contribution in [0.5, 0.6) is 5.75 Å². The van der Waals surface area contributed by atoms with E-state index in [-0.39, 0.29) is 17.2 Å². The van der Waals surface area contributed by atoms with E-state index in [2.05, 4.69) is 4.98 Å². The van der Waals surface area contributed by atoms with Crippen molar-refractivity contribution in [2.75, 3.05) is 0 Å². The predicted octanol–water partition coefficient (Wildman–Crippen LogP) is 1.20. The lowest BCUT2D eigenvalue weighted by atomic mass is 10.0. The molecule has 1 rings (SSSR count). The minimum Gasteiger partial charge on any atom is -0.425 e. The molecule has 0 saturated heterocycles. The maximum absolute atomic E-state index is 11.2. The molecule has 5 heteroatoms. The largest absolute Gasteiger partial charge is 0.425 e. The van der Waals surface area contributed by atoms with Gasteiger partial charge < -0.3 is 4.74 Å². The Morgan fingerprint density at radius 3 is 2.69 bits per heavy atom. The molecule has 0 aliphatic heterocycles. The Balaban J connectivity index is 3.17. The van der Waals surface area contributed by atoms with E-state index in [1.165, 1.54) is 26.1 Å². The number of pyridine rings is 1. The molecular formula is C11H10N2O3. The van der Waals surface area contributed by atoms with Crippen molar-refractivity contribution in [1.82, 2.24) is 4.98 Å². The van der Waals surface area contributed by atoms with Crippen LogP contribution in [0.15, 0.2) is 18.3 Å². The monoisotopic (exact) mass is 218 g/mol. The van der Waals surface area contributed by atoms with E-state index in [1.54, 1.807) is 6.07 Å². The van der Waals surface area contributed by atoms with E-state index >= 15 is 0 Å². The molecule has 0 N–H and O–H groups in total. The topological polar surface area (TPSA) is 80.0 Å². The van der Waals surface area contributed by atoms with E-state index < -0.39 is 11.9 Å². The molecule has 82 valence electrons. The highest BCUT2D eigenvalue weighted by Gasteiger charge is 2.22. The first-order valence-corrected chi connectivity index (χ1v) is 4.59. The first-order chi connectivity index (χ1) is 7.56. The molecule has 0 radical (unpaired) electrons. The van der Waals surface area contributed by atoms with Gasteiger partial charge in [0, 0.05) is 13.1 Å². The minimum absolute atomic E-state index is 0.150. The van der Waals surface area contributed by atoms with Crippen LogP contribution in [-0.2, 0) is 9.59 Å². The van der Waals surface area contributed by atoms with Gasteiger partial charge >= 0.3 is 5.97 Å². The number of ether oxygens (including phenoxy) is 1. The van der Waals surface area contributed by atoms with Crippen LogP contribution in [0.3, 0.4) is 0 Å². The summed E-state index contributed by atoms with van der Waals surface area (Å²) >= 11 is 0. The van der Waals surface area contributed by atoms with Gasteiger partial charge in [0.1, 0.15) is 5.69 Å². The summed E-state index contributed by atoms with van der Waals surface area (Å²) in [5.41, 5.74) is 0.174. The van der Waals surface area contributed by atoms with Crippen LogP contribution in [0.1, 0.15) is 25.5 Å². The number of hydrogen-bond donors (Lipinski definition) is 0. The number of aromatic nitrogens is 1. The zero-order valence-corrected chi connectivity index (χ0v) is 8.93. The lowest BCUT2D eigenvalue weighted by Crippen LogP contribution is -2.12. The molecule has 0 amide bonds. The van der Waals surface area contributed by atoms with Gasteiger partial charge in [0.25, 0.3) is 0 Å². The van der Waals surface area contributed by atoms with Gasteiger partial charge in [-0.1, -0.05) is 0 Å². The average molecular weight is 218 g/mol. The fourth-order valence-electron chi connectivity index (χ4n) is 1.21. The van der Waals surface area contributed by atoms with Gasteiger partial charge in [-0.05, 0) is 19.1 Å². The standard InChI is InChI=1S/C11H10N2O3/c1-7(14)9(6-12)11-10(16-8(2)15)4-3-5-13-11/h3-5,9H,1-2H3/t9-/m1/s1. The van der Waals surface area contributed by atoms with Crippen molar-refractivity contribution in [1.29, 1.82) is 5.26 Å². The van der Waals surface area contributed by atoms with E-state index in [0.717, 1.165) is 0 Å². The van der Waals surface area contributed by atoms with Gasteiger partial charge in [-0.25, -0.2) is 0 Å². The number of Topliss-reactive ketones (excluding diaryl/α,β-unsaturated/α-hetero) is 1. The Kier molecular flexibility index (Phi) is 3.72. The van der Waals surface area contributed by atoms with Crippen molar-refractivity contribution in [3.05, 3.63) is 24.0 Å².